The summed E-state index contributed by atoms with van der Waals surface area (Å²) in [6.45, 7) is 4.47. The summed E-state index contributed by atoms with van der Waals surface area (Å²) >= 11 is 0. The maximum atomic E-state index is 12.2. The quantitative estimate of drug-likeness (QED) is 0.698. The van der Waals surface area contributed by atoms with Crippen molar-refractivity contribution >= 4 is 17.4 Å². The Balaban J connectivity index is 1.63. The molecule has 1 amide bonds. The lowest BCUT2D eigenvalue weighted by molar-refractivity contribution is 0.0945. The molecule has 27 heavy (non-hydrogen) atoms. The molecule has 2 N–H and O–H groups in total. The first-order valence-corrected chi connectivity index (χ1v) is 8.62. The Morgan fingerprint density at radius 1 is 1.00 bits per heavy atom. The number of ether oxygens (including phenoxy) is 1. The van der Waals surface area contributed by atoms with Gasteiger partial charge in [-0.25, -0.2) is 9.97 Å². The van der Waals surface area contributed by atoms with Crippen molar-refractivity contribution in [2.45, 2.75) is 20.4 Å². The minimum absolute atomic E-state index is 0.261. The second-order valence-corrected chi connectivity index (χ2v) is 6.28. The second kappa shape index (κ2) is 8.31. The van der Waals surface area contributed by atoms with E-state index in [4.69, 9.17) is 4.74 Å². The summed E-state index contributed by atoms with van der Waals surface area (Å²) in [4.78, 5) is 20.7. The highest BCUT2D eigenvalue weighted by atomic mass is 16.5. The van der Waals surface area contributed by atoms with Crippen molar-refractivity contribution in [2.75, 3.05) is 12.4 Å². The van der Waals surface area contributed by atoms with E-state index in [1.165, 1.54) is 18.0 Å². The highest BCUT2D eigenvalue weighted by molar-refractivity contribution is 5.92. The molecule has 0 aliphatic heterocycles. The highest BCUT2D eigenvalue weighted by Gasteiger charge is 2.09. The smallest absolute Gasteiger partial charge is 0.271 e. The Hall–Kier alpha value is -3.41. The lowest BCUT2D eigenvalue weighted by atomic mass is 10.1. The number of nitrogens with zero attached hydrogens (tertiary/aromatic N) is 2. The molecule has 6 nitrogen and oxygen atoms in total. The number of carbonyl (C=O) groups is 1. The molecule has 2 aromatic carbocycles. The van der Waals surface area contributed by atoms with Crippen LogP contribution in [0.15, 0.2) is 54.9 Å². The summed E-state index contributed by atoms with van der Waals surface area (Å²) < 4.78 is 5.34. The van der Waals surface area contributed by atoms with Gasteiger partial charge in [-0.15, -0.1) is 0 Å². The zero-order valence-corrected chi connectivity index (χ0v) is 15.6. The van der Waals surface area contributed by atoms with Gasteiger partial charge in [-0.05, 0) is 37.1 Å². The molecular formula is C21H22N4O2. The Morgan fingerprint density at radius 2 is 1.74 bits per heavy atom. The average molecular weight is 362 g/mol. The summed E-state index contributed by atoms with van der Waals surface area (Å²) in [5.74, 6) is 0.985. The molecule has 0 saturated carbocycles. The lowest BCUT2D eigenvalue weighted by Crippen LogP contribution is -2.24. The van der Waals surface area contributed by atoms with Gasteiger partial charge in [0.05, 0.1) is 25.2 Å². The van der Waals surface area contributed by atoms with Gasteiger partial charge in [0.1, 0.15) is 17.3 Å². The zero-order chi connectivity index (χ0) is 19.2. The van der Waals surface area contributed by atoms with Crippen LogP contribution in [0, 0.1) is 13.8 Å². The molecule has 0 unspecified atom stereocenters. The summed E-state index contributed by atoms with van der Waals surface area (Å²) in [6, 6.07) is 13.8. The minimum Gasteiger partial charge on any atom is -0.495 e. The van der Waals surface area contributed by atoms with E-state index in [0.29, 0.717) is 18.1 Å². The summed E-state index contributed by atoms with van der Waals surface area (Å²) in [7, 11) is 1.61. The molecule has 0 fully saturated rings. The van der Waals surface area contributed by atoms with E-state index in [-0.39, 0.29) is 11.6 Å². The number of methoxy groups -OCH3 is 1. The van der Waals surface area contributed by atoms with Gasteiger partial charge in [0.2, 0.25) is 0 Å². The number of anilines is 2. The minimum atomic E-state index is -0.261. The standard InChI is InChI=1S/C21H22N4O2/c1-14-4-7-16(8-5-14)11-24-21(26)18-12-23-20(13-22-18)25-17-10-15(2)6-9-19(17)27-3/h4-10,12-13H,11H2,1-3H3,(H,23,25)(H,24,26). The van der Waals surface area contributed by atoms with Crippen molar-refractivity contribution in [3.05, 3.63) is 77.2 Å². The number of amides is 1. The molecule has 0 radical (unpaired) electrons. The van der Waals surface area contributed by atoms with Gasteiger partial charge in [-0.1, -0.05) is 35.9 Å². The molecule has 3 aromatic rings. The Kier molecular flexibility index (Phi) is 5.66. The monoisotopic (exact) mass is 362 g/mol. The fourth-order valence-corrected chi connectivity index (χ4v) is 2.55. The first-order chi connectivity index (χ1) is 13.0. The maximum absolute atomic E-state index is 12.2. The van der Waals surface area contributed by atoms with Crippen molar-refractivity contribution in [1.82, 2.24) is 15.3 Å². The number of hydrogen-bond acceptors (Lipinski definition) is 5. The molecule has 0 atom stereocenters. The van der Waals surface area contributed by atoms with Crippen LogP contribution in [0.3, 0.4) is 0 Å². The number of rotatable bonds is 6. The van der Waals surface area contributed by atoms with E-state index >= 15 is 0 Å². The lowest BCUT2D eigenvalue weighted by Gasteiger charge is -2.11. The first kappa shape index (κ1) is 18.4. The van der Waals surface area contributed by atoms with Gasteiger partial charge >= 0.3 is 0 Å². The Morgan fingerprint density at radius 3 is 2.41 bits per heavy atom. The summed E-state index contributed by atoms with van der Waals surface area (Å²) in [6.07, 6.45) is 2.98. The van der Waals surface area contributed by atoms with Gasteiger partial charge in [0, 0.05) is 6.54 Å². The molecular weight excluding hydrogens is 340 g/mol. The molecule has 0 aliphatic rings. The van der Waals surface area contributed by atoms with E-state index in [1.807, 2.05) is 56.3 Å². The van der Waals surface area contributed by atoms with Crippen molar-refractivity contribution in [3.63, 3.8) is 0 Å². The Labute approximate surface area is 158 Å². The van der Waals surface area contributed by atoms with Crippen molar-refractivity contribution in [1.29, 1.82) is 0 Å². The molecule has 3 rings (SSSR count). The normalized spacial score (nSPS) is 10.3. The van der Waals surface area contributed by atoms with Crippen LogP contribution in [0.2, 0.25) is 0 Å². The van der Waals surface area contributed by atoms with E-state index in [2.05, 4.69) is 20.6 Å². The molecule has 0 spiro atoms. The van der Waals surface area contributed by atoms with Gasteiger partial charge in [-0.2, -0.15) is 0 Å². The van der Waals surface area contributed by atoms with E-state index in [1.54, 1.807) is 7.11 Å². The van der Waals surface area contributed by atoms with Crippen LogP contribution >= 0.6 is 0 Å². The molecule has 0 bridgehead atoms. The largest absolute Gasteiger partial charge is 0.495 e. The van der Waals surface area contributed by atoms with Crippen LogP contribution in [0.1, 0.15) is 27.2 Å². The van der Waals surface area contributed by atoms with E-state index < -0.39 is 0 Å². The van der Waals surface area contributed by atoms with Crippen LogP contribution in [-0.2, 0) is 6.54 Å². The van der Waals surface area contributed by atoms with E-state index in [9.17, 15) is 4.79 Å². The van der Waals surface area contributed by atoms with Crippen LogP contribution in [0.5, 0.6) is 5.75 Å². The van der Waals surface area contributed by atoms with Crippen molar-refractivity contribution < 1.29 is 9.53 Å². The van der Waals surface area contributed by atoms with Crippen molar-refractivity contribution in [3.8, 4) is 5.75 Å². The number of nitrogens with one attached hydrogen (secondary N) is 2. The van der Waals surface area contributed by atoms with Crippen LogP contribution in [-0.4, -0.2) is 23.0 Å². The number of aromatic nitrogens is 2. The molecule has 1 aromatic heterocycles. The molecule has 6 heteroatoms. The van der Waals surface area contributed by atoms with Crippen LogP contribution < -0.4 is 15.4 Å². The van der Waals surface area contributed by atoms with Gasteiger partial charge < -0.3 is 15.4 Å². The summed E-state index contributed by atoms with van der Waals surface area (Å²) in [5, 5.41) is 6.01. The highest BCUT2D eigenvalue weighted by Crippen LogP contribution is 2.27. The van der Waals surface area contributed by atoms with Crippen LogP contribution in [0.4, 0.5) is 11.5 Å². The Bertz CT molecular complexity index is 922. The molecule has 138 valence electrons. The zero-order valence-electron chi connectivity index (χ0n) is 15.6. The third-order valence-electron chi connectivity index (χ3n) is 4.08. The SMILES string of the molecule is COc1ccc(C)cc1Nc1cnc(C(=O)NCc2ccc(C)cc2)cn1. The maximum Gasteiger partial charge on any atom is 0.271 e. The fraction of sp³-hybridized carbons (Fsp3) is 0.190. The predicted octanol–water partition coefficient (Wildman–Crippen LogP) is 3.78. The number of hydrogen-bond donors (Lipinski definition) is 2. The number of aryl methyl sites for hydroxylation is 2. The first-order valence-electron chi connectivity index (χ1n) is 8.62. The third kappa shape index (κ3) is 4.82. The van der Waals surface area contributed by atoms with Gasteiger partial charge in [-0.3, -0.25) is 4.79 Å². The topological polar surface area (TPSA) is 76.1 Å². The number of carbonyl (C=O) groups excluding carboxylic acids is 1. The molecule has 1 heterocycles. The van der Waals surface area contributed by atoms with Crippen LogP contribution in [0.25, 0.3) is 0 Å². The predicted molar refractivity (Wildman–Crippen MR) is 105 cm³/mol. The molecule has 0 saturated heterocycles. The number of benzene rings is 2. The molecule has 0 aliphatic carbocycles. The van der Waals surface area contributed by atoms with Gasteiger partial charge in [0.15, 0.2) is 0 Å². The summed E-state index contributed by atoms with van der Waals surface area (Å²) in [5.41, 5.74) is 4.38. The van der Waals surface area contributed by atoms with Crippen molar-refractivity contribution in [2.24, 2.45) is 0 Å². The second-order valence-electron chi connectivity index (χ2n) is 6.28. The average Bonchev–Trinajstić information content (AvgIpc) is 2.68. The van der Waals surface area contributed by atoms with E-state index in [0.717, 1.165) is 16.8 Å². The third-order valence-corrected chi connectivity index (χ3v) is 4.08. The fourth-order valence-electron chi connectivity index (χ4n) is 2.55. The van der Waals surface area contributed by atoms with Gasteiger partial charge in [0.25, 0.3) is 5.91 Å².